The van der Waals surface area contributed by atoms with Gasteiger partial charge < -0.3 is 9.32 Å². The Hall–Kier alpha value is -2.64. The van der Waals surface area contributed by atoms with Crippen LogP contribution in [0.15, 0.2) is 51.8 Å². The number of hydrogen-bond donors (Lipinski definition) is 0. The lowest BCUT2D eigenvalue weighted by Crippen LogP contribution is -2.50. The first-order valence-corrected chi connectivity index (χ1v) is 11.8. The van der Waals surface area contributed by atoms with E-state index in [2.05, 4.69) is 0 Å². The Morgan fingerprint density at radius 1 is 0.933 bits per heavy atom. The summed E-state index contributed by atoms with van der Waals surface area (Å²) >= 11 is 0. The largest absolute Gasteiger partial charge is 0.451 e. The molecule has 0 N–H and O–H groups in total. The Morgan fingerprint density at radius 3 is 2.50 bits per heavy atom. The van der Waals surface area contributed by atoms with Crippen LogP contribution in [0.5, 0.6) is 0 Å². The van der Waals surface area contributed by atoms with Gasteiger partial charge in [-0.05, 0) is 67.6 Å². The van der Waals surface area contributed by atoms with Gasteiger partial charge in [-0.2, -0.15) is 4.31 Å². The Kier molecular flexibility index (Phi) is 4.67. The molecule has 5 rings (SSSR count). The van der Waals surface area contributed by atoms with E-state index in [4.69, 9.17) is 4.42 Å². The molecule has 2 heterocycles. The number of fused-ring (bicyclic) bond motifs is 2. The predicted octanol–water partition coefficient (Wildman–Crippen LogP) is 3.38. The summed E-state index contributed by atoms with van der Waals surface area (Å²) < 4.78 is 33.4. The van der Waals surface area contributed by atoms with Gasteiger partial charge in [0.05, 0.1) is 4.90 Å². The van der Waals surface area contributed by atoms with E-state index >= 15 is 0 Å². The Bertz CT molecular complexity index is 1240. The smallest absolute Gasteiger partial charge is 0.289 e. The summed E-state index contributed by atoms with van der Waals surface area (Å²) in [5.74, 6) is 0.101. The molecule has 3 aromatic rings. The number of piperazine rings is 1. The molecule has 1 saturated heterocycles. The zero-order valence-electron chi connectivity index (χ0n) is 16.9. The van der Waals surface area contributed by atoms with Crippen molar-refractivity contribution in [3.63, 3.8) is 0 Å². The number of rotatable bonds is 3. The molecule has 0 radical (unpaired) electrons. The predicted molar refractivity (Wildman–Crippen MR) is 114 cm³/mol. The van der Waals surface area contributed by atoms with Gasteiger partial charge in [0.2, 0.25) is 10.0 Å². The minimum absolute atomic E-state index is 0.196. The molecular formula is C23H24N2O4S. The average molecular weight is 425 g/mol. The quantitative estimate of drug-likeness (QED) is 0.646. The third-order valence-corrected chi connectivity index (χ3v) is 8.01. The van der Waals surface area contributed by atoms with Gasteiger partial charge in [-0.1, -0.05) is 17.7 Å². The molecule has 0 spiro atoms. The molecule has 1 aromatic heterocycles. The molecule has 1 amide bonds. The lowest BCUT2D eigenvalue weighted by molar-refractivity contribution is 0.0668. The summed E-state index contributed by atoms with van der Waals surface area (Å²) in [7, 11) is -3.55. The number of carbonyl (C=O) groups is 1. The van der Waals surface area contributed by atoms with Crippen LogP contribution in [-0.4, -0.2) is 49.7 Å². The van der Waals surface area contributed by atoms with E-state index in [0.29, 0.717) is 29.3 Å². The van der Waals surface area contributed by atoms with Crippen molar-refractivity contribution in [3.05, 3.63) is 64.9 Å². The first-order valence-electron chi connectivity index (χ1n) is 10.3. The van der Waals surface area contributed by atoms with E-state index < -0.39 is 10.0 Å². The highest BCUT2D eigenvalue weighted by Crippen LogP contribution is 2.27. The van der Waals surface area contributed by atoms with Crippen LogP contribution < -0.4 is 0 Å². The summed E-state index contributed by atoms with van der Waals surface area (Å²) in [6.07, 6.45) is 3.05. The van der Waals surface area contributed by atoms with Crippen LogP contribution in [0.2, 0.25) is 0 Å². The molecule has 30 heavy (non-hydrogen) atoms. The number of benzene rings is 2. The van der Waals surface area contributed by atoms with Crippen molar-refractivity contribution >= 4 is 26.9 Å². The number of carbonyl (C=O) groups excluding carboxylic acids is 1. The van der Waals surface area contributed by atoms with Crippen LogP contribution >= 0.6 is 0 Å². The molecule has 6 nitrogen and oxygen atoms in total. The zero-order chi connectivity index (χ0) is 20.9. The van der Waals surface area contributed by atoms with Crippen molar-refractivity contribution in [2.24, 2.45) is 0 Å². The lowest BCUT2D eigenvalue weighted by atomic mass is 10.1. The average Bonchev–Trinajstić information content (AvgIpc) is 3.39. The van der Waals surface area contributed by atoms with Gasteiger partial charge in [0.15, 0.2) is 5.76 Å². The highest BCUT2D eigenvalue weighted by molar-refractivity contribution is 7.89. The Balaban J connectivity index is 1.30. The van der Waals surface area contributed by atoms with Crippen LogP contribution in [0.25, 0.3) is 11.0 Å². The van der Waals surface area contributed by atoms with Crippen molar-refractivity contribution in [3.8, 4) is 0 Å². The third kappa shape index (κ3) is 3.32. The number of aryl methyl sites for hydroxylation is 3. The van der Waals surface area contributed by atoms with Gasteiger partial charge in [0, 0.05) is 31.6 Å². The van der Waals surface area contributed by atoms with E-state index in [9.17, 15) is 13.2 Å². The highest BCUT2D eigenvalue weighted by Gasteiger charge is 2.32. The van der Waals surface area contributed by atoms with Crippen LogP contribution in [-0.2, 0) is 22.9 Å². The summed E-state index contributed by atoms with van der Waals surface area (Å²) in [5, 5.41) is 0.899. The van der Waals surface area contributed by atoms with Crippen LogP contribution in [0.1, 0.15) is 33.7 Å². The van der Waals surface area contributed by atoms with Crippen molar-refractivity contribution in [2.75, 3.05) is 26.2 Å². The molecular weight excluding hydrogens is 400 g/mol. The molecule has 7 heteroatoms. The fourth-order valence-electron chi connectivity index (χ4n) is 4.41. The fraction of sp³-hybridized carbons (Fsp3) is 0.348. The second kappa shape index (κ2) is 7.25. The van der Waals surface area contributed by atoms with Crippen molar-refractivity contribution in [1.82, 2.24) is 9.21 Å². The molecule has 1 aliphatic heterocycles. The molecule has 0 bridgehead atoms. The molecule has 0 atom stereocenters. The topological polar surface area (TPSA) is 70.8 Å². The van der Waals surface area contributed by atoms with Crippen LogP contribution in [0, 0.1) is 6.92 Å². The minimum atomic E-state index is -3.55. The van der Waals surface area contributed by atoms with E-state index in [-0.39, 0.29) is 19.0 Å². The highest BCUT2D eigenvalue weighted by atomic mass is 32.2. The van der Waals surface area contributed by atoms with Gasteiger partial charge in [0.25, 0.3) is 5.91 Å². The second-order valence-corrected chi connectivity index (χ2v) is 10.1. The van der Waals surface area contributed by atoms with Gasteiger partial charge in [-0.15, -0.1) is 0 Å². The molecule has 156 valence electrons. The zero-order valence-corrected chi connectivity index (χ0v) is 17.7. The summed E-state index contributed by atoms with van der Waals surface area (Å²) in [6, 6.07) is 13.0. The maximum atomic E-state index is 13.1. The number of amides is 1. The maximum absolute atomic E-state index is 13.1. The summed E-state index contributed by atoms with van der Waals surface area (Å²) in [5.41, 5.74) is 4.19. The van der Waals surface area contributed by atoms with E-state index in [1.807, 2.05) is 37.3 Å². The molecule has 0 saturated carbocycles. The summed E-state index contributed by atoms with van der Waals surface area (Å²) in [4.78, 5) is 14.9. The van der Waals surface area contributed by atoms with Gasteiger partial charge in [0.1, 0.15) is 5.58 Å². The Morgan fingerprint density at radius 2 is 1.70 bits per heavy atom. The SMILES string of the molecule is Cc1ccc2oc(C(=O)N3CCN(S(=O)(=O)c4ccc5c(c4)CCC5)CC3)cc2c1. The van der Waals surface area contributed by atoms with Crippen molar-refractivity contribution < 1.29 is 17.6 Å². The number of hydrogen-bond acceptors (Lipinski definition) is 4. The number of furan rings is 1. The number of nitrogens with zero attached hydrogens (tertiary/aromatic N) is 2. The van der Waals surface area contributed by atoms with Gasteiger partial charge >= 0.3 is 0 Å². The first kappa shape index (κ1) is 19.3. The van der Waals surface area contributed by atoms with Gasteiger partial charge in [-0.3, -0.25) is 4.79 Å². The molecule has 2 aliphatic rings. The molecule has 0 unspecified atom stereocenters. The number of sulfonamides is 1. The van der Waals surface area contributed by atoms with E-state index in [0.717, 1.165) is 35.8 Å². The van der Waals surface area contributed by atoms with Crippen LogP contribution in [0.4, 0.5) is 0 Å². The molecule has 2 aromatic carbocycles. The minimum Gasteiger partial charge on any atom is -0.451 e. The Labute approximate surface area is 176 Å². The maximum Gasteiger partial charge on any atom is 0.289 e. The second-order valence-electron chi connectivity index (χ2n) is 8.13. The van der Waals surface area contributed by atoms with E-state index in [1.54, 1.807) is 17.0 Å². The van der Waals surface area contributed by atoms with Crippen molar-refractivity contribution in [1.29, 1.82) is 0 Å². The molecule has 1 aliphatic carbocycles. The lowest BCUT2D eigenvalue weighted by Gasteiger charge is -2.33. The summed E-state index contributed by atoms with van der Waals surface area (Å²) in [6.45, 7) is 3.25. The van der Waals surface area contributed by atoms with E-state index in [1.165, 1.54) is 9.87 Å². The first-order chi connectivity index (χ1) is 14.4. The van der Waals surface area contributed by atoms with Gasteiger partial charge in [-0.25, -0.2) is 8.42 Å². The molecule has 1 fully saturated rings. The van der Waals surface area contributed by atoms with Crippen molar-refractivity contribution in [2.45, 2.75) is 31.1 Å². The van der Waals surface area contributed by atoms with Crippen LogP contribution in [0.3, 0.4) is 0 Å². The normalized spacial score (nSPS) is 17.4. The standard InChI is InChI=1S/C23H24N2O4S/c1-16-5-8-21-19(13-16)15-22(29-21)23(26)24-9-11-25(12-10-24)30(27,28)20-7-6-17-3-2-4-18(17)14-20/h5-8,13-15H,2-4,9-12H2,1H3. The monoisotopic (exact) mass is 424 g/mol. The fourth-order valence-corrected chi connectivity index (χ4v) is 5.89. The third-order valence-electron chi connectivity index (χ3n) is 6.12.